The molecule has 1 heterocycles. The summed E-state index contributed by atoms with van der Waals surface area (Å²) >= 11 is 0. The first-order valence-corrected chi connectivity index (χ1v) is 5.70. The summed E-state index contributed by atoms with van der Waals surface area (Å²) in [7, 11) is 0. The zero-order chi connectivity index (χ0) is 11.4. The Labute approximate surface area is 96.7 Å². The van der Waals surface area contributed by atoms with Gasteiger partial charge in [-0.1, -0.05) is 24.3 Å². The van der Waals surface area contributed by atoms with E-state index in [0.717, 1.165) is 26.2 Å². The van der Waals surface area contributed by atoms with E-state index >= 15 is 0 Å². The van der Waals surface area contributed by atoms with Crippen molar-refractivity contribution in [1.82, 2.24) is 10.2 Å². The highest BCUT2D eigenvalue weighted by Crippen LogP contribution is 2.13. The Morgan fingerprint density at radius 2 is 2.31 bits per heavy atom. The highest BCUT2D eigenvalue weighted by molar-refractivity contribution is 5.25. The van der Waals surface area contributed by atoms with Crippen LogP contribution in [0, 0.1) is 18.3 Å². The first-order valence-electron chi connectivity index (χ1n) is 5.70. The van der Waals surface area contributed by atoms with Crippen molar-refractivity contribution < 1.29 is 0 Å². The average molecular weight is 215 g/mol. The molecule has 84 valence electrons. The molecule has 1 N–H and O–H groups in total. The van der Waals surface area contributed by atoms with Gasteiger partial charge in [-0.05, 0) is 18.1 Å². The minimum Gasteiger partial charge on any atom is -0.313 e. The minimum atomic E-state index is 0.00774. The summed E-state index contributed by atoms with van der Waals surface area (Å²) in [6.07, 6.45) is 0. The quantitative estimate of drug-likeness (QED) is 0.808. The second kappa shape index (κ2) is 5.11. The molecule has 0 spiro atoms. The van der Waals surface area contributed by atoms with Gasteiger partial charge >= 0.3 is 0 Å². The number of nitrogens with zero attached hydrogens (tertiary/aromatic N) is 2. The SMILES string of the molecule is Cc1ccccc1CN1CCNCC1C#N. The maximum atomic E-state index is 9.08. The van der Waals surface area contributed by atoms with Gasteiger partial charge in [0.25, 0.3) is 0 Å². The molecule has 3 nitrogen and oxygen atoms in total. The molecule has 1 atom stereocenters. The van der Waals surface area contributed by atoms with E-state index in [-0.39, 0.29) is 6.04 Å². The van der Waals surface area contributed by atoms with E-state index in [1.54, 1.807) is 0 Å². The Kier molecular flexibility index (Phi) is 3.55. The van der Waals surface area contributed by atoms with E-state index < -0.39 is 0 Å². The van der Waals surface area contributed by atoms with Crippen LogP contribution in [0.3, 0.4) is 0 Å². The van der Waals surface area contributed by atoms with Crippen molar-refractivity contribution in [2.24, 2.45) is 0 Å². The summed E-state index contributed by atoms with van der Waals surface area (Å²) in [5, 5.41) is 12.3. The van der Waals surface area contributed by atoms with Crippen LogP contribution >= 0.6 is 0 Å². The number of benzene rings is 1. The summed E-state index contributed by atoms with van der Waals surface area (Å²) in [6, 6.07) is 10.7. The van der Waals surface area contributed by atoms with Crippen molar-refractivity contribution in [3.8, 4) is 6.07 Å². The van der Waals surface area contributed by atoms with Gasteiger partial charge in [-0.15, -0.1) is 0 Å². The van der Waals surface area contributed by atoms with Crippen LogP contribution in [0.1, 0.15) is 11.1 Å². The first-order chi connectivity index (χ1) is 7.81. The lowest BCUT2D eigenvalue weighted by Crippen LogP contribution is -2.50. The molecule has 2 rings (SSSR count). The third-order valence-electron chi connectivity index (χ3n) is 3.14. The fraction of sp³-hybridized carbons (Fsp3) is 0.462. The highest BCUT2D eigenvalue weighted by atomic mass is 15.2. The van der Waals surface area contributed by atoms with Gasteiger partial charge in [0.1, 0.15) is 6.04 Å². The maximum absolute atomic E-state index is 9.08. The molecule has 16 heavy (non-hydrogen) atoms. The summed E-state index contributed by atoms with van der Waals surface area (Å²) in [6.45, 7) is 5.71. The zero-order valence-electron chi connectivity index (χ0n) is 9.61. The smallest absolute Gasteiger partial charge is 0.111 e. The first kappa shape index (κ1) is 11.1. The van der Waals surface area contributed by atoms with Gasteiger partial charge in [-0.25, -0.2) is 0 Å². The van der Waals surface area contributed by atoms with Crippen molar-refractivity contribution in [2.45, 2.75) is 19.5 Å². The van der Waals surface area contributed by atoms with Crippen molar-refractivity contribution in [2.75, 3.05) is 19.6 Å². The van der Waals surface area contributed by atoms with Crippen molar-refractivity contribution in [3.05, 3.63) is 35.4 Å². The number of nitrogens with one attached hydrogen (secondary N) is 1. The molecule has 1 aliphatic rings. The Morgan fingerprint density at radius 1 is 1.50 bits per heavy atom. The van der Waals surface area contributed by atoms with Crippen LogP contribution in [0.5, 0.6) is 0 Å². The maximum Gasteiger partial charge on any atom is 0.111 e. The lowest BCUT2D eigenvalue weighted by molar-refractivity contribution is 0.189. The molecule has 0 amide bonds. The van der Waals surface area contributed by atoms with E-state index in [0.29, 0.717) is 0 Å². The molecule has 0 saturated carbocycles. The molecular formula is C13H17N3. The second-order valence-electron chi connectivity index (χ2n) is 4.25. The Bertz CT molecular complexity index is 394. The lowest BCUT2D eigenvalue weighted by atomic mass is 10.1. The average Bonchev–Trinajstić information content (AvgIpc) is 2.33. The molecular weight excluding hydrogens is 198 g/mol. The highest BCUT2D eigenvalue weighted by Gasteiger charge is 2.21. The third-order valence-corrected chi connectivity index (χ3v) is 3.14. The lowest BCUT2D eigenvalue weighted by Gasteiger charge is -2.32. The van der Waals surface area contributed by atoms with Gasteiger partial charge < -0.3 is 5.32 Å². The Balaban J connectivity index is 2.09. The molecule has 1 saturated heterocycles. The van der Waals surface area contributed by atoms with Gasteiger partial charge in [0.2, 0.25) is 0 Å². The van der Waals surface area contributed by atoms with Crippen LogP contribution in [-0.4, -0.2) is 30.6 Å². The summed E-state index contributed by atoms with van der Waals surface area (Å²) in [5.41, 5.74) is 2.63. The molecule has 1 aromatic rings. The largest absolute Gasteiger partial charge is 0.313 e. The third kappa shape index (κ3) is 2.41. The number of hydrogen-bond acceptors (Lipinski definition) is 3. The summed E-state index contributed by atoms with van der Waals surface area (Å²) in [5.74, 6) is 0. The Hall–Kier alpha value is -1.37. The standard InChI is InChI=1S/C13H17N3/c1-11-4-2-3-5-12(11)10-16-7-6-15-9-13(16)8-14/h2-5,13,15H,6-7,9-10H2,1H3. The molecule has 0 bridgehead atoms. The van der Waals surface area contributed by atoms with Crippen LogP contribution in [0.15, 0.2) is 24.3 Å². The topological polar surface area (TPSA) is 39.1 Å². The van der Waals surface area contributed by atoms with Gasteiger partial charge in [-0.2, -0.15) is 5.26 Å². The number of aryl methyl sites for hydroxylation is 1. The van der Waals surface area contributed by atoms with E-state index in [9.17, 15) is 0 Å². The van der Waals surface area contributed by atoms with Crippen molar-refractivity contribution in [1.29, 1.82) is 5.26 Å². The second-order valence-corrected chi connectivity index (χ2v) is 4.25. The number of rotatable bonds is 2. The van der Waals surface area contributed by atoms with Crippen LogP contribution in [-0.2, 0) is 6.54 Å². The van der Waals surface area contributed by atoms with Gasteiger partial charge in [-0.3, -0.25) is 4.90 Å². The molecule has 0 aromatic heterocycles. The number of hydrogen-bond donors (Lipinski definition) is 1. The molecule has 0 radical (unpaired) electrons. The number of piperazine rings is 1. The van der Waals surface area contributed by atoms with Gasteiger partial charge in [0.05, 0.1) is 6.07 Å². The van der Waals surface area contributed by atoms with Crippen molar-refractivity contribution >= 4 is 0 Å². The van der Waals surface area contributed by atoms with Gasteiger partial charge in [0.15, 0.2) is 0 Å². The molecule has 3 heteroatoms. The van der Waals surface area contributed by atoms with E-state index in [1.165, 1.54) is 11.1 Å². The number of nitriles is 1. The summed E-state index contributed by atoms with van der Waals surface area (Å²) < 4.78 is 0. The fourth-order valence-corrected chi connectivity index (χ4v) is 2.07. The predicted molar refractivity (Wildman–Crippen MR) is 63.9 cm³/mol. The van der Waals surface area contributed by atoms with Crippen LogP contribution in [0.25, 0.3) is 0 Å². The Morgan fingerprint density at radius 3 is 3.06 bits per heavy atom. The van der Waals surface area contributed by atoms with Crippen molar-refractivity contribution in [3.63, 3.8) is 0 Å². The van der Waals surface area contributed by atoms with E-state index in [4.69, 9.17) is 5.26 Å². The van der Waals surface area contributed by atoms with E-state index in [2.05, 4.69) is 47.5 Å². The summed E-state index contributed by atoms with van der Waals surface area (Å²) in [4.78, 5) is 2.25. The molecule has 1 aliphatic heterocycles. The van der Waals surface area contributed by atoms with Crippen LogP contribution in [0.2, 0.25) is 0 Å². The molecule has 1 unspecified atom stereocenters. The zero-order valence-corrected chi connectivity index (χ0v) is 9.61. The fourth-order valence-electron chi connectivity index (χ4n) is 2.07. The van der Waals surface area contributed by atoms with Gasteiger partial charge in [0, 0.05) is 26.2 Å². The van der Waals surface area contributed by atoms with E-state index in [1.807, 2.05) is 0 Å². The molecule has 1 fully saturated rings. The molecule has 1 aromatic carbocycles. The minimum absolute atomic E-state index is 0.00774. The van der Waals surface area contributed by atoms with Crippen LogP contribution in [0.4, 0.5) is 0 Å². The van der Waals surface area contributed by atoms with Crippen LogP contribution < -0.4 is 5.32 Å². The normalized spacial score (nSPS) is 21.6. The monoisotopic (exact) mass is 215 g/mol. The molecule has 0 aliphatic carbocycles. The predicted octanol–water partition coefficient (Wildman–Crippen LogP) is 1.29.